The van der Waals surface area contributed by atoms with Crippen LogP contribution in [0.5, 0.6) is 11.5 Å². The number of amides is 1. The number of likely N-dealkylation sites (N-methyl/N-ethyl adjacent to an activating group) is 1. The molecule has 1 aromatic heterocycles. The van der Waals surface area contributed by atoms with Gasteiger partial charge in [0.15, 0.2) is 11.5 Å². The van der Waals surface area contributed by atoms with Crippen molar-refractivity contribution in [1.82, 2.24) is 10.2 Å². The fourth-order valence-corrected chi connectivity index (χ4v) is 3.78. The van der Waals surface area contributed by atoms with Gasteiger partial charge >= 0.3 is 0 Å². The summed E-state index contributed by atoms with van der Waals surface area (Å²) in [6, 6.07) is 7.62. The number of ether oxygens (including phenoxy) is 2. The first-order valence-corrected chi connectivity index (χ1v) is 10.5. The van der Waals surface area contributed by atoms with E-state index in [2.05, 4.69) is 40.9 Å². The average Bonchev–Trinajstić information content (AvgIpc) is 3.21. The third-order valence-corrected chi connectivity index (χ3v) is 5.14. The molecular formula is C21H30N2O3S. The smallest absolute Gasteiger partial charge is 0.251 e. The summed E-state index contributed by atoms with van der Waals surface area (Å²) in [5.74, 6) is 1.16. The Balaban J connectivity index is 2.12. The number of nitrogens with one attached hydrogen (secondary N) is 1. The SMILES string of the molecule is CCOc1ccc(C(=O)NCC(c2ccsc2)N(CC)CC)cc1OCC. The molecule has 1 atom stereocenters. The van der Waals surface area contributed by atoms with Gasteiger partial charge in [-0.15, -0.1) is 0 Å². The summed E-state index contributed by atoms with van der Waals surface area (Å²) < 4.78 is 11.2. The Hall–Kier alpha value is -2.05. The van der Waals surface area contributed by atoms with Crippen LogP contribution in [0.25, 0.3) is 0 Å². The third kappa shape index (κ3) is 5.71. The van der Waals surface area contributed by atoms with Gasteiger partial charge in [0.05, 0.1) is 19.3 Å². The van der Waals surface area contributed by atoms with Gasteiger partial charge in [0.1, 0.15) is 0 Å². The fourth-order valence-electron chi connectivity index (χ4n) is 3.07. The van der Waals surface area contributed by atoms with Crippen molar-refractivity contribution in [3.8, 4) is 11.5 Å². The van der Waals surface area contributed by atoms with Crippen molar-refractivity contribution in [1.29, 1.82) is 0 Å². The normalized spacial score (nSPS) is 12.0. The Morgan fingerprint density at radius 2 is 1.78 bits per heavy atom. The highest BCUT2D eigenvalue weighted by atomic mass is 32.1. The lowest BCUT2D eigenvalue weighted by atomic mass is 10.1. The molecule has 1 heterocycles. The van der Waals surface area contributed by atoms with E-state index in [0.717, 1.165) is 13.1 Å². The maximum Gasteiger partial charge on any atom is 0.251 e. The zero-order valence-corrected chi connectivity index (χ0v) is 17.5. The number of nitrogens with zero attached hydrogens (tertiary/aromatic N) is 1. The molecule has 2 rings (SSSR count). The van der Waals surface area contributed by atoms with Gasteiger partial charge in [-0.3, -0.25) is 9.69 Å². The predicted molar refractivity (Wildman–Crippen MR) is 111 cm³/mol. The van der Waals surface area contributed by atoms with E-state index in [1.807, 2.05) is 13.8 Å². The number of hydrogen-bond donors (Lipinski definition) is 1. The largest absolute Gasteiger partial charge is 0.490 e. The average molecular weight is 391 g/mol. The van der Waals surface area contributed by atoms with E-state index in [1.54, 1.807) is 29.5 Å². The number of benzene rings is 1. The van der Waals surface area contributed by atoms with E-state index in [0.29, 0.717) is 36.8 Å². The van der Waals surface area contributed by atoms with Crippen LogP contribution in [-0.4, -0.2) is 43.7 Å². The second-order valence-electron chi connectivity index (χ2n) is 6.03. The minimum atomic E-state index is -0.105. The molecule has 1 amide bonds. The number of hydrogen-bond acceptors (Lipinski definition) is 5. The second-order valence-corrected chi connectivity index (χ2v) is 6.81. The van der Waals surface area contributed by atoms with E-state index in [4.69, 9.17) is 9.47 Å². The van der Waals surface area contributed by atoms with Crippen molar-refractivity contribution in [2.75, 3.05) is 32.8 Å². The molecular weight excluding hydrogens is 360 g/mol. The molecule has 0 radical (unpaired) electrons. The lowest BCUT2D eigenvalue weighted by molar-refractivity contribution is 0.0934. The number of thiophene rings is 1. The molecule has 0 fully saturated rings. The maximum atomic E-state index is 12.7. The number of carbonyl (C=O) groups excluding carboxylic acids is 1. The van der Waals surface area contributed by atoms with Crippen LogP contribution in [0.2, 0.25) is 0 Å². The lowest BCUT2D eigenvalue weighted by Crippen LogP contribution is -2.37. The molecule has 27 heavy (non-hydrogen) atoms. The van der Waals surface area contributed by atoms with E-state index < -0.39 is 0 Å². The number of rotatable bonds is 11. The monoisotopic (exact) mass is 390 g/mol. The predicted octanol–water partition coefficient (Wildman–Crippen LogP) is 4.36. The van der Waals surface area contributed by atoms with Crippen molar-refractivity contribution < 1.29 is 14.3 Å². The van der Waals surface area contributed by atoms with Crippen LogP contribution in [0.4, 0.5) is 0 Å². The van der Waals surface area contributed by atoms with Crippen LogP contribution in [0.15, 0.2) is 35.0 Å². The van der Waals surface area contributed by atoms with E-state index in [1.165, 1.54) is 5.56 Å². The van der Waals surface area contributed by atoms with E-state index in [9.17, 15) is 4.79 Å². The van der Waals surface area contributed by atoms with Gasteiger partial charge in [-0.25, -0.2) is 0 Å². The molecule has 6 heteroatoms. The first-order valence-electron chi connectivity index (χ1n) is 9.58. The summed E-state index contributed by atoms with van der Waals surface area (Å²) >= 11 is 1.68. The third-order valence-electron chi connectivity index (χ3n) is 4.44. The lowest BCUT2D eigenvalue weighted by Gasteiger charge is -2.29. The van der Waals surface area contributed by atoms with Gasteiger partial charge in [-0.1, -0.05) is 13.8 Å². The topological polar surface area (TPSA) is 50.8 Å². The highest BCUT2D eigenvalue weighted by molar-refractivity contribution is 7.07. The highest BCUT2D eigenvalue weighted by Crippen LogP contribution is 2.29. The summed E-state index contributed by atoms with van der Waals surface area (Å²) in [7, 11) is 0. The van der Waals surface area contributed by atoms with Crippen molar-refractivity contribution in [2.24, 2.45) is 0 Å². The fraction of sp³-hybridized carbons (Fsp3) is 0.476. The Labute approximate surface area is 166 Å². The molecule has 1 unspecified atom stereocenters. The molecule has 1 aromatic carbocycles. The molecule has 0 saturated carbocycles. The first-order chi connectivity index (χ1) is 13.1. The standard InChI is InChI=1S/C21H30N2O3S/c1-5-23(6-2)18(17-11-12-27-15-17)14-22-21(24)16-9-10-19(25-7-3)20(13-16)26-8-4/h9-13,15,18H,5-8,14H2,1-4H3,(H,22,24). The molecule has 0 aliphatic rings. The Morgan fingerprint density at radius 1 is 1.07 bits per heavy atom. The molecule has 2 aromatic rings. The van der Waals surface area contributed by atoms with Gasteiger partial charge in [0, 0.05) is 12.1 Å². The van der Waals surface area contributed by atoms with Crippen molar-refractivity contribution in [3.63, 3.8) is 0 Å². The minimum Gasteiger partial charge on any atom is -0.490 e. The Morgan fingerprint density at radius 3 is 2.37 bits per heavy atom. The van der Waals surface area contributed by atoms with Gasteiger partial charge in [-0.2, -0.15) is 11.3 Å². The quantitative estimate of drug-likeness (QED) is 0.619. The molecule has 0 aliphatic carbocycles. The zero-order chi connectivity index (χ0) is 19.6. The molecule has 148 valence electrons. The summed E-state index contributed by atoms with van der Waals surface area (Å²) in [5.41, 5.74) is 1.82. The van der Waals surface area contributed by atoms with Crippen molar-refractivity contribution in [3.05, 3.63) is 46.2 Å². The molecule has 0 aliphatic heterocycles. The maximum absolute atomic E-state index is 12.7. The van der Waals surface area contributed by atoms with E-state index in [-0.39, 0.29) is 11.9 Å². The summed E-state index contributed by atoms with van der Waals surface area (Å²) in [4.78, 5) is 15.1. The van der Waals surface area contributed by atoms with Crippen LogP contribution in [-0.2, 0) is 0 Å². The van der Waals surface area contributed by atoms with Gasteiger partial charge < -0.3 is 14.8 Å². The Bertz CT molecular complexity index is 699. The second kappa shape index (κ2) is 10.9. The van der Waals surface area contributed by atoms with Gasteiger partial charge in [-0.05, 0) is 67.5 Å². The van der Waals surface area contributed by atoms with Gasteiger partial charge in [0.2, 0.25) is 0 Å². The van der Waals surface area contributed by atoms with Crippen LogP contribution in [0.1, 0.15) is 49.7 Å². The highest BCUT2D eigenvalue weighted by Gasteiger charge is 2.20. The molecule has 1 N–H and O–H groups in total. The molecule has 0 bridgehead atoms. The summed E-state index contributed by atoms with van der Waals surface area (Å²) in [5, 5.41) is 7.31. The van der Waals surface area contributed by atoms with Crippen LogP contribution < -0.4 is 14.8 Å². The number of carbonyl (C=O) groups is 1. The molecule has 0 spiro atoms. The summed E-state index contributed by atoms with van der Waals surface area (Å²) in [6.07, 6.45) is 0. The molecule has 5 nitrogen and oxygen atoms in total. The zero-order valence-electron chi connectivity index (χ0n) is 16.7. The van der Waals surface area contributed by atoms with Crippen LogP contribution >= 0.6 is 11.3 Å². The van der Waals surface area contributed by atoms with Crippen LogP contribution in [0.3, 0.4) is 0 Å². The van der Waals surface area contributed by atoms with Gasteiger partial charge in [0.25, 0.3) is 5.91 Å². The van der Waals surface area contributed by atoms with E-state index >= 15 is 0 Å². The van der Waals surface area contributed by atoms with Crippen molar-refractivity contribution >= 4 is 17.2 Å². The molecule has 0 saturated heterocycles. The van der Waals surface area contributed by atoms with Crippen LogP contribution in [0, 0.1) is 0 Å². The van der Waals surface area contributed by atoms with Crippen molar-refractivity contribution in [2.45, 2.75) is 33.7 Å². The Kier molecular flexibility index (Phi) is 8.61. The summed E-state index contributed by atoms with van der Waals surface area (Å²) in [6.45, 7) is 11.6. The minimum absolute atomic E-state index is 0.105. The first kappa shape index (κ1) is 21.3.